The van der Waals surface area contributed by atoms with Crippen molar-refractivity contribution in [3.8, 4) is 16.9 Å². The molecule has 0 aromatic heterocycles. The monoisotopic (exact) mass is 296 g/mol. The van der Waals surface area contributed by atoms with Crippen LogP contribution in [0.5, 0.6) is 5.75 Å². The summed E-state index contributed by atoms with van der Waals surface area (Å²) in [6.45, 7) is 0. The topological polar surface area (TPSA) is 20.2 Å². The third kappa shape index (κ3) is 3.12. The highest BCUT2D eigenvalue weighted by Crippen LogP contribution is 2.25. The van der Waals surface area contributed by atoms with Crippen LogP contribution in [0.15, 0.2) is 72.8 Å². The van der Waals surface area contributed by atoms with E-state index in [0.29, 0.717) is 5.30 Å². The van der Waals surface area contributed by atoms with Gasteiger partial charge in [-0.25, -0.2) is 4.39 Å². The average Bonchev–Trinajstić information content (AvgIpc) is 2.52. The van der Waals surface area contributed by atoms with Gasteiger partial charge in [-0.15, -0.1) is 0 Å². The van der Waals surface area contributed by atoms with Crippen LogP contribution in [0.3, 0.4) is 0 Å². The SMILES string of the molecule is Oc1ccc(-c2ccccc2)cc1Pc1ccccc1F. The molecule has 1 unspecified atom stereocenters. The standard InChI is InChI=1S/C18H14FOP/c19-15-8-4-5-9-17(15)21-18-12-14(10-11-16(18)20)13-6-2-1-3-7-13/h1-12,20-21H. The largest absolute Gasteiger partial charge is 0.507 e. The summed E-state index contributed by atoms with van der Waals surface area (Å²) in [5.41, 5.74) is 2.10. The molecule has 3 aromatic carbocycles. The zero-order chi connectivity index (χ0) is 14.7. The number of benzene rings is 3. The Kier molecular flexibility index (Phi) is 3.98. The molecule has 3 heteroatoms. The zero-order valence-electron chi connectivity index (χ0n) is 11.3. The van der Waals surface area contributed by atoms with Crippen LogP contribution in [0.1, 0.15) is 0 Å². The highest BCUT2D eigenvalue weighted by Gasteiger charge is 2.08. The molecule has 1 atom stereocenters. The molecule has 3 rings (SSSR count). The molecule has 3 aromatic rings. The van der Waals surface area contributed by atoms with Crippen LogP contribution in [-0.4, -0.2) is 5.11 Å². The second-order valence-electron chi connectivity index (χ2n) is 4.70. The van der Waals surface area contributed by atoms with Gasteiger partial charge in [0.15, 0.2) is 0 Å². The Balaban J connectivity index is 1.98. The normalized spacial score (nSPS) is 11.1. The van der Waals surface area contributed by atoms with Crippen molar-refractivity contribution in [2.75, 3.05) is 0 Å². The summed E-state index contributed by atoms with van der Waals surface area (Å²) in [6, 6.07) is 22.1. The minimum absolute atomic E-state index is 0.0907. The van der Waals surface area contributed by atoms with Gasteiger partial charge in [0, 0.05) is 10.6 Å². The van der Waals surface area contributed by atoms with E-state index in [-0.39, 0.29) is 20.1 Å². The van der Waals surface area contributed by atoms with E-state index >= 15 is 0 Å². The summed E-state index contributed by atoms with van der Waals surface area (Å²) >= 11 is 0. The molecule has 21 heavy (non-hydrogen) atoms. The van der Waals surface area contributed by atoms with E-state index in [0.717, 1.165) is 16.4 Å². The van der Waals surface area contributed by atoms with Crippen molar-refractivity contribution in [2.45, 2.75) is 0 Å². The molecule has 0 bridgehead atoms. The number of hydrogen-bond acceptors (Lipinski definition) is 1. The molecule has 0 aliphatic heterocycles. The fourth-order valence-corrected chi connectivity index (χ4v) is 3.27. The quantitative estimate of drug-likeness (QED) is 0.728. The predicted molar refractivity (Wildman–Crippen MR) is 87.5 cm³/mol. The van der Waals surface area contributed by atoms with Crippen molar-refractivity contribution < 1.29 is 9.50 Å². The molecule has 0 saturated carbocycles. The Bertz CT molecular complexity index is 756. The summed E-state index contributed by atoms with van der Waals surface area (Å²) < 4.78 is 13.8. The highest BCUT2D eigenvalue weighted by atomic mass is 31.1. The van der Waals surface area contributed by atoms with Crippen LogP contribution in [0.25, 0.3) is 11.1 Å². The minimum atomic E-state index is -0.236. The Labute approximate surface area is 124 Å². The van der Waals surface area contributed by atoms with E-state index in [1.165, 1.54) is 6.07 Å². The van der Waals surface area contributed by atoms with E-state index in [2.05, 4.69) is 0 Å². The lowest BCUT2D eigenvalue weighted by molar-refractivity contribution is 0.480. The smallest absolute Gasteiger partial charge is 0.130 e. The fourth-order valence-electron chi connectivity index (χ4n) is 2.15. The van der Waals surface area contributed by atoms with E-state index in [9.17, 15) is 9.50 Å². The van der Waals surface area contributed by atoms with Gasteiger partial charge in [0.1, 0.15) is 11.6 Å². The van der Waals surface area contributed by atoms with Gasteiger partial charge in [-0.05, 0) is 29.3 Å². The van der Waals surface area contributed by atoms with Crippen molar-refractivity contribution in [3.05, 3.63) is 78.6 Å². The van der Waals surface area contributed by atoms with Crippen LogP contribution < -0.4 is 10.6 Å². The summed E-state index contributed by atoms with van der Waals surface area (Å²) in [5, 5.41) is 11.4. The predicted octanol–water partition coefficient (Wildman–Crippen LogP) is 3.83. The maximum absolute atomic E-state index is 13.8. The van der Waals surface area contributed by atoms with Crippen molar-refractivity contribution in [3.63, 3.8) is 0 Å². The lowest BCUT2D eigenvalue weighted by atomic mass is 10.1. The van der Waals surface area contributed by atoms with Gasteiger partial charge in [0.2, 0.25) is 0 Å². The van der Waals surface area contributed by atoms with E-state index in [4.69, 9.17) is 0 Å². The Hall–Kier alpha value is -2.18. The van der Waals surface area contributed by atoms with Crippen molar-refractivity contribution >= 4 is 19.2 Å². The summed E-state index contributed by atoms with van der Waals surface area (Å²) in [4.78, 5) is 0. The average molecular weight is 296 g/mol. The van der Waals surface area contributed by atoms with E-state index in [1.807, 2.05) is 48.5 Å². The molecule has 1 N–H and O–H groups in total. The molecule has 104 valence electrons. The maximum atomic E-state index is 13.8. The molecular formula is C18H14FOP. The molecule has 0 heterocycles. The molecular weight excluding hydrogens is 282 g/mol. The highest BCUT2D eigenvalue weighted by molar-refractivity contribution is 7.55. The molecule has 0 amide bonds. The first-order chi connectivity index (χ1) is 10.2. The van der Waals surface area contributed by atoms with Gasteiger partial charge in [0.25, 0.3) is 0 Å². The molecule has 0 aliphatic rings. The molecule has 0 spiro atoms. The van der Waals surface area contributed by atoms with Gasteiger partial charge >= 0.3 is 0 Å². The van der Waals surface area contributed by atoms with Crippen molar-refractivity contribution in [2.24, 2.45) is 0 Å². The zero-order valence-corrected chi connectivity index (χ0v) is 12.3. The second kappa shape index (κ2) is 6.07. The number of phenolic OH excluding ortho intramolecular Hbond substituents is 1. The first-order valence-corrected chi connectivity index (χ1v) is 7.64. The summed E-state index contributed by atoms with van der Waals surface area (Å²) in [6.07, 6.45) is 0. The van der Waals surface area contributed by atoms with E-state index in [1.54, 1.807) is 18.2 Å². The Morgan fingerprint density at radius 3 is 2.19 bits per heavy atom. The van der Waals surface area contributed by atoms with Gasteiger partial charge < -0.3 is 5.11 Å². The second-order valence-corrected chi connectivity index (χ2v) is 6.03. The fraction of sp³-hybridized carbons (Fsp3) is 0. The third-order valence-corrected chi connectivity index (χ3v) is 4.59. The molecule has 1 nitrogen and oxygen atoms in total. The van der Waals surface area contributed by atoms with Gasteiger partial charge in [0.05, 0.1) is 0 Å². The first-order valence-electron chi connectivity index (χ1n) is 6.64. The third-order valence-electron chi connectivity index (χ3n) is 3.25. The van der Waals surface area contributed by atoms with Crippen LogP contribution in [-0.2, 0) is 0 Å². The summed E-state index contributed by atoms with van der Waals surface area (Å²) in [7, 11) is 0.0907. The van der Waals surface area contributed by atoms with Gasteiger partial charge in [-0.1, -0.05) is 63.2 Å². The Morgan fingerprint density at radius 1 is 0.714 bits per heavy atom. The number of halogens is 1. The first kappa shape index (κ1) is 13.8. The van der Waals surface area contributed by atoms with Crippen LogP contribution >= 0.6 is 8.58 Å². The number of aromatic hydroxyl groups is 1. The van der Waals surface area contributed by atoms with Gasteiger partial charge in [-0.3, -0.25) is 0 Å². The lowest BCUT2D eigenvalue weighted by Crippen LogP contribution is -2.07. The van der Waals surface area contributed by atoms with E-state index < -0.39 is 0 Å². The van der Waals surface area contributed by atoms with Crippen molar-refractivity contribution in [1.29, 1.82) is 0 Å². The molecule has 0 fully saturated rings. The van der Waals surface area contributed by atoms with Crippen molar-refractivity contribution in [1.82, 2.24) is 0 Å². The van der Waals surface area contributed by atoms with Crippen LogP contribution in [0.4, 0.5) is 4.39 Å². The molecule has 0 aliphatic carbocycles. The molecule has 0 saturated heterocycles. The number of hydrogen-bond donors (Lipinski definition) is 1. The molecule has 0 radical (unpaired) electrons. The Morgan fingerprint density at radius 2 is 1.43 bits per heavy atom. The number of phenols is 1. The number of rotatable bonds is 3. The maximum Gasteiger partial charge on any atom is 0.130 e. The lowest BCUT2D eigenvalue weighted by Gasteiger charge is -2.09. The summed E-state index contributed by atoms with van der Waals surface area (Å²) in [5.74, 6) is -0.0309. The minimum Gasteiger partial charge on any atom is -0.507 e. The van der Waals surface area contributed by atoms with Crippen LogP contribution in [0, 0.1) is 5.82 Å². The van der Waals surface area contributed by atoms with Crippen LogP contribution in [0.2, 0.25) is 0 Å². The van der Waals surface area contributed by atoms with Gasteiger partial charge in [-0.2, -0.15) is 0 Å².